The summed E-state index contributed by atoms with van der Waals surface area (Å²) in [6.45, 7) is 6.56. The van der Waals surface area contributed by atoms with Crippen LogP contribution in [0.5, 0.6) is 0 Å². The van der Waals surface area contributed by atoms with E-state index < -0.39 is 0 Å². The lowest BCUT2D eigenvalue weighted by atomic mass is 9.94. The summed E-state index contributed by atoms with van der Waals surface area (Å²) >= 11 is 1.76. The van der Waals surface area contributed by atoms with E-state index in [1.54, 1.807) is 11.8 Å². The van der Waals surface area contributed by atoms with Gasteiger partial charge in [0.15, 0.2) is 0 Å². The molecule has 22 heavy (non-hydrogen) atoms. The molecule has 2 aliphatic heterocycles. The number of likely N-dealkylation sites (tertiary alicyclic amines) is 2. The van der Waals surface area contributed by atoms with Gasteiger partial charge < -0.3 is 15.5 Å². The van der Waals surface area contributed by atoms with E-state index >= 15 is 0 Å². The zero-order valence-electron chi connectivity index (χ0n) is 14.3. The van der Waals surface area contributed by atoms with Gasteiger partial charge in [-0.3, -0.25) is 4.79 Å². The second-order valence-corrected chi connectivity index (χ2v) is 8.01. The zero-order valence-corrected chi connectivity index (χ0v) is 15.1. The molecular weight excluding hydrogens is 294 g/mol. The van der Waals surface area contributed by atoms with Gasteiger partial charge in [-0.25, -0.2) is 0 Å². The molecule has 2 fully saturated rings. The second-order valence-electron chi connectivity index (χ2n) is 7.02. The molecule has 0 aromatic carbocycles. The van der Waals surface area contributed by atoms with Crippen LogP contribution in [0.15, 0.2) is 0 Å². The summed E-state index contributed by atoms with van der Waals surface area (Å²) in [4.78, 5) is 17.2. The standard InChI is InChI=1S/C17H33N3OS/c1-14-6-3-4-9-19(14)12-15-7-5-10-20(13-15)17(21)16(18)8-11-22-2/h14-16H,3-13,18H2,1-2H3/t14-,15+,16-/m0/s1. The number of amides is 1. The Morgan fingerprint density at radius 3 is 2.82 bits per heavy atom. The van der Waals surface area contributed by atoms with Crippen molar-refractivity contribution in [1.82, 2.24) is 9.80 Å². The molecule has 2 rings (SSSR count). The maximum Gasteiger partial charge on any atom is 0.239 e. The first-order valence-electron chi connectivity index (χ1n) is 8.89. The Balaban J connectivity index is 1.81. The van der Waals surface area contributed by atoms with Gasteiger partial charge in [0.2, 0.25) is 5.91 Å². The topological polar surface area (TPSA) is 49.6 Å². The minimum atomic E-state index is -0.305. The van der Waals surface area contributed by atoms with Crippen LogP contribution in [0, 0.1) is 5.92 Å². The zero-order chi connectivity index (χ0) is 15.9. The quantitative estimate of drug-likeness (QED) is 0.812. The van der Waals surface area contributed by atoms with E-state index in [-0.39, 0.29) is 11.9 Å². The first kappa shape index (κ1) is 18.1. The number of carbonyl (C=O) groups is 1. The molecule has 0 radical (unpaired) electrons. The maximum absolute atomic E-state index is 12.5. The normalized spacial score (nSPS) is 28.6. The first-order valence-corrected chi connectivity index (χ1v) is 10.3. The molecule has 0 spiro atoms. The van der Waals surface area contributed by atoms with Crippen molar-refractivity contribution in [1.29, 1.82) is 0 Å². The monoisotopic (exact) mass is 327 g/mol. The molecule has 3 atom stereocenters. The molecule has 1 amide bonds. The Morgan fingerprint density at radius 1 is 1.27 bits per heavy atom. The largest absolute Gasteiger partial charge is 0.341 e. The van der Waals surface area contributed by atoms with E-state index in [4.69, 9.17) is 5.73 Å². The van der Waals surface area contributed by atoms with Crippen molar-refractivity contribution in [2.75, 3.05) is 38.2 Å². The van der Waals surface area contributed by atoms with Crippen LogP contribution in [-0.2, 0) is 4.79 Å². The Labute approximate surface area is 140 Å². The Morgan fingerprint density at radius 2 is 2.09 bits per heavy atom. The fourth-order valence-corrected chi connectivity index (χ4v) is 4.27. The second kappa shape index (κ2) is 9.14. The van der Waals surface area contributed by atoms with Crippen molar-refractivity contribution < 1.29 is 4.79 Å². The summed E-state index contributed by atoms with van der Waals surface area (Å²) in [6, 6.07) is 0.406. The lowest BCUT2D eigenvalue weighted by molar-refractivity contribution is -0.134. The summed E-state index contributed by atoms with van der Waals surface area (Å²) in [5.74, 6) is 1.77. The van der Waals surface area contributed by atoms with Crippen molar-refractivity contribution in [2.45, 2.75) is 57.5 Å². The van der Waals surface area contributed by atoms with Gasteiger partial charge in [0, 0.05) is 25.7 Å². The highest BCUT2D eigenvalue weighted by Gasteiger charge is 2.29. The molecule has 2 aliphatic rings. The average molecular weight is 328 g/mol. The van der Waals surface area contributed by atoms with Gasteiger partial charge in [-0.1, -0.05) is 6.42 Å². The highest BCUT2D eigenvalue weighted by atomic mass is 32.2. The molecular formula is C17H33N3OS. The number of nitrogens with zero attached hydrogens (tertiary/aromatic N) is 2. The van der Waals surface area contributed by atoms with E-state index in [1.807, 2.05) is 4.90 Å². The molecule has 2 saturated heterocycles. The highest BCUT2D eigenvalue weighted by Crippen LogP contribution is 2.23. The van der Waals surface area contributed by atoms with E-state index in [1.165, 1.54) is 32.2 Å². The van der Waals surface area contributed by atoms with Crippen LogP contribution < -0.4 is 5.73 Å². The third-order valence-electron chi connectivity index (χ3n) is 5.21. The molecule has 0 unspecified atom stereocenters. The molecule has 128 valence electrons. The molecule has 0 aromatic rings. The average Bonchev–Trinajstić information content (AvgIpc) is 2.54. The summed E-state index contributed by atoms with van der Waals surface area (Å²) in [6.07, 6.45) is 9.28. The summed E-state index contributed by atoms with van der Waals surface area (Å²) in [5.41, 5.74) is 6.07. The van der Waals surface area contributed by atoms with E-state index in [9.17, 15) is 4.79 Å². The fraction of sp³-hybridized carbons (Fsp3) is 0.941. The lowest BCUT2D eigenvalue weighted by Crippen LogP contribution is -2.50. The van der Waals surface area contributed by atoms with Crippen molar-refractivity contribution in [3.05, 3.63) is 0 Å². The van der Waals surface area contributed by atoms with Gasteiger partial charge in [-0.15, -0.1) is 0 Å². The van der Waals surface area contributed by atoms with Gasteiger partial charge in [-0.05, 0) is 63.5 Å². The molecule has 2 heterocycles. The highest BCUT2D eigenvalue weighted by molar-refractivity contribution is 7.98. The Kier molecular flexibility index (Phi) is 7.51. The molecule has 0 saturated carbocycles. The van der Waals surface area contributed by atoms with E-state index in [0.29, 0.717) is 12.0 Å². The molecule has 5 heteroatoms. The van der Waals surface area contributed by atoms with Crippen LogP contribution in [0.2, 0.25) is 0 Å². The van der Waals surface area contributed by atoms with Gasteiger partial charge >= 0.3 is 0 Å². The van der Waals surface area contributed by atoms with Crippen molar-refractivity contribution in [3.63, 3.8) is 0 Å². The summed E-state index contributed by atoms with van der Waals surface area (Å²) in [7, 11) is 0. The third kappa shape index (κ3) is 5.14. The van der Waals surface area contributed by atoms with Gasteiger partial charge in [-0.2, -0.15) is 11.8 Å². The van der Waals surface area contributed by atoms with Crippen LogP contribution in [0.3, 0.4) is 0 Å². The number of hydrogen-bond donors (Lipinski definition) is 1. The van der Waals surface area contributed by atoms with Gasteiger partial charge in [0.25, 0.3) is 0 Å². The number of rotatable bonds is 6. The predicted molar refractivity (Wildman–Crippen MR) is 95.2 cm³/mol. The lowest BCUT2D eigenvalue weighted by Gasteiger charge is -2.40. The van der Waals surface area contributed by atoms with Crippen LogP contribution in [0.4, 0.5) is 0 Å². The molecule has 0 aromatic heterocycles. The molecule has 0 bridgehead atoms. The minimum Gasteiger partial charge on any atom is -0.341 e. The summed E-state index contributed by atoms with van der Waals surface area (Å²) in [5, 5.41) is 0. The molecule has 4 nitrogen and oxygen atoms in total. The van der Waals surface area contributed by atoms with Crippen LogP contribution >= 0.6 is 11.8 Å². The minimum absolute atomic E-state index is 0.172. The maximum atomic E-state index is 12.5. The van der Waals surface area contributed by atoms with Gasteiger partial charge in [0.1, 0.15) is 0 Å². The molecule has 0 aliphatic carbocycles. The first-order chi connectivity index (χ1) is 10.6. The smallest absolute Gasteiger partial charge is 0.239 e. The van der Waals surface area contributed by atoms with Crippen LogP contribution in [0.1, 0.15) is 45.4 Å². The molecule has 2 N–H and O–H groups in total. The fourth-order valence-electron chi connectivity index (χ4n) is 3.78. The Bertz CT molecular complexity index is 353. The van der Waals surface area contributed by atoms with E-state index in [2.05, 4.69) is 18.1 Å². The van der Waals surface area contributed by atoms with Crippen LogP contribution in [-0.4, -0.2) is 66.0 Å². The SMILES string of the molecule is CSCC[C@H](N)C(=O)N1CCC[C@H](CN2CCCC[C@@H]2C)C1. The van der Waals surface area contributed by atoms with Gasteiger partial charge in [0.05, 0.1) is 6.04 Å². The van der Waals surface area contributed by atoms with Crippen molar-refractivity contribution in [2.24, 2.45) is 11.7 Å². The van der Waals surface area contributed by atoms with Crippen molar-refractivity contribution >= 4 is 17.7 Å². The van der Waals surface area contributed by atoms with E-state index in [0.717, 1.165) is 38.2 Å². The number of thioether (sulfide) groups is 1. The number of piperidine rings is 2. The predicted octanol–water partition coefficient (Wildman–Crippen LogP) is 2.18. The number of carbonyl (C=O) groups excluding carboxylic acids is 1. The van der Waals surface area contributed by atoms with Crippen molar-refractivity contribution in [3.8, 4) is 0 Å². The third-order valence-corrected chi connectivity index (χ3v) is 5.86. The number of nitrogens with two attached hydrogens (primary N) is 1. The Hall–Kier alpha value is -0.260. The number of hydrogen-bond acceptors (Lipinski definition) is 4. The van der Waals surface area contributed by atoms with Crippen LogP contribution in [0.25, 0.3) is 0 Å². The summed E-state index contributed by atoms with van der Waals surface area (Å²) < 4.78 is 0.